The number of para-hydroxylation sites is 1. The minimum Gasteiger partial charge on any atom is -0.478 e. The summed E-state index contributed by atoms with van der Waals surface area (Å²) in [5, 5.41) is 17.9. The summed E-state index contributed by atoms with van der Waals surface area (Å²) in [5.41, 5.74) is 2.53. The predicted molar refractivity (Wildman–Crippen MR) is 158 cm³/mol. The van der Waals surface area contributed by atoms with Crippen molar-refractivity contribution in [3.8, 4) is 28.8 Å². The van der Waals surface area contributed by atoms with E-state index in [1.807, 2.05) is 38.1 Å². The first-order valence-electron chi connectivity index (χ1n) is 12.7. The van der Waals surface area contributed by atoms with E-state index in [9.17, 15) is 9.90 Å². The number of hydrogen-bond donors (Lipinski definition) is 2. The molecule has 40 heavy (non-hydrogen) atoms. The molecule has 0 aliphatic heterocycles. The molecule has 4 aromatic rings. The minimum absolute atomic E-state index is 0.128. The number of nitrogens with one attached hydrogen (secondary N) is 1. The Balaban J connectivity index is 1.49. The van der Waals surface area contributed by atoms with Crippen LogP contribution in [-0.4, -0.2) is 22.3 Å². The van der Waals surface area contributed by atoms with Crippen molar-refractivity contribution in [2.45, 2.75) is 44.2 Å². The number of aromatic nitrogens is 1. The highest BCUT2D eigenvalue weighted by Gasteiger charge is 2.37. The number of hydrogen-bond acceptors (Lipinski definition) is 5. The molecule has 0 amide bonds. The van der Waals surface area contributed by atoms with Crippen LogP contribution in [0.25, 0.3) is 11.3 Å². The highest BCUT2D eigenvalue weighted by molar-refractivity contribution is 6.39. The van der Waals surface area contributed by atoms with Crippen molar-refractivity contribution >= 4 is 46.5 Å². The topological polar surface area (TPSA) is 84.6 Å². The molecule has 9 heteroatoms. The third-order valence-corrected chi connectivity index (χ3v) is 7.16. The monoisotopic (exact) mass is 594 g/mol. The lowest BCUT2D eigenvalue weighted by Crippen LogP contribution is -2.10. The van der Waals surface area contributed by atoms with Gasteiger partial charge in [-0.25, -0.2) is 4.79 Å². The van der Waals surface area contributed by atoms with Gasteiger partial charge in [0.1, 0.15) is 17.2 Å². The molecule has 0 saturated heterocycles. The number of aromatic carboxylic acids is 1. The first-order valence-corrected chi connectivity index (χ1v) is 13.9. The quantitative estimate of drug-likeness (QED) is 0.156. The van der Waals surface area contributed by atoms with E-state index < -0.39 is 11.5 Å². The van der Waals surface area contributed by atoms with E-state index in [0.717, 1.165) is 12.8 Å². The molecule has 1 saturated carbocycles. The molecule has 204 valence electrons. The van der Waals surface area contributed by atoms with Gasteiger partial charge in [0.2, 0.25) is 5.56 Å². The van der Waals surface area contributed by atoms with Crippen molar-refractivity contribution in [3.05, 3.63) is 98.7 Å². The molecular weight excluding hydrogens is 571 g/mol. The molecule has 0 spiro atoms. The van der Waals surface area contributed by atoms with Crippen molar-refractivity contribution < 1.29 is 19.2 Å². The molecule has 1 fully saturated rings. The van der Waals surface area contributed by atoms with Gasteiger partial charge in [0.05, 0.1) is 26.7 Å². The Hall–Kier alpha value is -3.63. The van der Waals surface area contributed by atoms with E-state index in [1.54, 1.807) is 30.3 Å². The smallest absolute Gasteiger partial charge is 0.335 e. The first kappa shape index (κ1) is 27.9. The van der Waals surface area contributed by atoms with Gasteiger partial charge in [0, 0.05) is 28.8 Å². The maximum atomic E-state index is 11.7. The predicted octanol–water partition coefficient (Wildman–Crippen LogP) is 8.76. The molecule has 1 unspecified atom stereocenters. The molecule has 2 N–H and O–H groups in total. The fourth-order valence-electron chi connectivity index (χ4n) is 4.30. The van der Waals surface area contributed by atoms with E-state index in [-0.39, 0.29) is 17.5 Å². The number of halogens is 3. The lowest BCUT2D eigenvalue weighted by molar-refractivity contribution is 0.0697. The van der Waals surface area contributed by atoms with Gasteiger partial charge in [-0.05, 0) is 69.2 Å². The SMILES string of the molecule is CC(C)Nc1cc(C#Cc2ccccc2OC(Cl)c2c(-c3c(Cl)cccc3Cl)noc2C2CC2)cc(C(=O)O)c1. The zero-order valence-corrected chi connectivity index (χ0v) is 23.9. The van der Waals surface area contributed by atoms with Crippen LogP contribution in [-0.2, 0) is 0 Å². The summed E-state index contributed by atoms with van der Waals surface area (Å²) in [6, 6.07) is 17.5. The van der Waals surface area contributed by atoms with Gasteiger partial charge in [-0.3, -0.25) is 0 Å². The fraction of sp³-hybridized carbons (Fsp3) is 0.226. The van der Waals surface area contributed by atoms with Gasteiger partial charge in [0.25, 0.3) is 0 Å². The number of benzene rings is 3. The van der Waals surface area contributed by atoms with Gasteiger partial charge in [-0.15, -0.1) is 0 Å². The van der Waals surface area contributed by atoms with Crippen LogP contribution in [0.5, 0.6) is 5.75 Å². The van der Waals surface area contributed by atoms with Gasteiger partial charge >= 0.3 is 5.97 Å². The number of carboxylic acids is 1. The van der Waals surface area contributed by atoms with Crippen molar-refractivity contribution in [1.29, 1.82) is 0 Å². The zero-order chi connectivity index (χ0) is 28.4. The summed E-state index contributed by atoms with van der Waals surface area (Å²) in [6.07, 6.45) is 1.93. The van der Waals surface area contributed by atoms with E-state index >= 15 is 0 Å². The molecule has 1 aliphatic carbocycles. The average Bonchev–Trinajstić information content (AvgIpc) is 3.66. The number of carbonyl (C=O) groups is 1. The first-order chi connectivity index (χ1) is 19.2. The number of alkyl halides is 1. The van der Waals surface area contributed by atoms with Crippen molar-refractivity contribution in [2.75, 3.05) is 5.32 Å². The number of rotatable bonds is 8. The number of carboxylic acid groups (broad SMARTS) is 1. The van der Waals surface area contributed by atoms with E-state index in [4.69, 9.17) is 44.1 Å². The Morgan fingerprint density at radius 1 is 1.07 bits per heavy atom. The Morgan fingerprint density at radius 3 is 2.48 bits per heavy atom. The molecule has 3 aromatic carbocycles. The van der Waals surface area contributed by atoms with Crippen LogP contribution >= 0.6 is 34.8 Å². The maximum absolute atomic E-state index is 11.7. The van der Waals surface area contributed by atoms with Crippen molar-refractivity contribution in [1.82, 2.24) is 5.16 Å². The van der Waals surface area contributed by atoms with Crippen molar-refractivity contribution in [3.63, 3.8) is 0 Å². The number of ether oxygens (including phenoxy) is 1. The molecule has 1 aromatic heterocycles. The number of anilines is 1. The van der Waals surface area contributed by atoms with Gasteiger partial charge in [-0.1, -0.05) is 70.0 Å². The van der Waals surface area contributed by atoms with Gasteiger partial charge < -0.3 is 19.7 Å². The summed E-state index contributed by atoms with van der Waals surface area (Å²) in [5.74, 6) is 6.45. The third-order valence-electron chi connectivity index (χ3n) is 6.22. The lowest BCUT2D eigenvalue weighted by atomic mass is 10.0. The molecule has 0 radical (unpaired) electrons. The van der Waals surface area contributed by atoms with Gasteiger partial charge in [-0.2, -0.15) is 0 Å². The fourth-order valence-corrected chi connectivity index (χ4v) is 5.18. The molecule has 1 heterocycles. The van der Waals surface area contributed by atoms with E-state index in [0.29, 0.717) is 55.2 Å². The Labute approximate surface area is 247 Å². The average molecular weight is 596 g/mol. The molecule has 0 bridgehead atoms. The zero-order valence-electron chi connectivity index (χ0n) is 21.7. The second-order valence-electron chi connectivity index (χ2n) is 9.76. The summed E-state index contributed by atoms with van der Waals surface area (Å²) in [7, 11) is 0. The minimum atomic E-state index is -1.03. The Morgan fingerprint density at radius 2 is 1.80 bits per heavy atom. The molecular formula is C31H25Cl3N2O4. The van der Waals surface area contributed by atoms with Crippen LogP contribution in [0.15, 0.2) is 65.2 Å². The summed E-state index contributed by atoms with van der Waals surface area (Å²) in [6.45, 7) is 3.95. The summed E-state index contributed by atoms with van der Waals surface area (Å²) < 4.78 is 12.0. The van der Waals surface area contributed by atoms with Crippen LogP contribution in [0, 0.1) is 11.8 Å². The molecule has 1 aliphatic rings. The van der Waals surface area contributed by atoms with Crippen LogP contribution < -0.4 is 10.1 Å². The summed E-state index contributed by atoms with van der Waals surface area (Å²) >= 11 is 19.9. The van der Waals surface area contributed by atoms with Crippen LogP contribution in [0.1, 0.15) is 71.0 Å². The largest absolute Gasteiger partial charge is 0.478 e. The molecule has 6 nitrogen and oxygen atoms in total. The standard InChI is InChI=1S/C31H25Cl3N2O4/c1-17(2)35-22-15-18(14-21(16-22)31(37)38)10-11-19-6-3-4-9-25(19)39-30(34)27-28(36-40-29(27)20-12-13-20)26-23(32)7-5-8-24(26)33/h3-9,14-17,20,30,35H,12-13H2,1-2H3,(H,37,38). The Kier molecular flexibility index (Phi) is 8.27. The maximum Gasteiger partial charge on any atom is 0.335 e. The normalized spacial score (nSPS) is 13.4. The second-order valence-corrected chi connectivity index (χ2v) is 11.0. The van der Waals surface area contributed by atoms with E-state index in [1.165, 1.54) is 6.07 Å². The Bertz CT molecular complexity index is 1610. The molecule has 1 atom stereocenters. The van der Waals surface area contributed by atoms with Crippen molar-refractivity contribution in [2.24, 2.45) is 0 Å². The number of nitrogens with zero attached hydrogens (tertiary/aromatic N) is 1. The highest BCUT2D eigenvalue weighted by atomic mass is 35.5. The van der Waals surface area contributed by atoms with Gasteiger partial charge in [0.15, 0.2) is 0 Å². The van der Waals surface area contributed by atoms with Crippen LogP contribution in [0.2, 0.25) is 10.0 Å². The third kappa shape index (κ3) is 6.23. The molecule has 5 rings (SSSR count). The van der Waals surface area contributed by atoms with E-state index in [2.05, 4.69) is 22.3 Å². The highest BCUT2D eigenvalue weighted by Crippen LogP contribution is 2.49. The summed E-state index contributed by atoms with van der Waals surface area (Å²) in [4.78, 5) is 11.7. The van der Waals surface area contributed by atoms with Crippen LogP contribution in [0.3, 0.4) is 0 Å². The lowest BCUT2D eigenvalue weighted by Gasteiger charge is -2.16. The van der Waals surface area contributed by atoms with Crippen LogP contribution in [0.4, 0.5) is 5.69 Å². The second kappa shape index (κ2) is 11.9.